The monoisotopic (exact) mass is 464 g/mol. The first-order valence-corrected chi connectivity index (χ1v) is 11.0. The Labute approximate surface area is 197 Å². The van der Waals surface area contributed by atoms with Gasteiger partial charge in [-0.25, -0.2) is 4.79 Å². The van der Waals surface area contributed by atoms with Gasteiger partial charge in [-0.05, 0) is 41.5 Å². The van der Waals surface area contributed by atoms with Crippen molar-refractivity contribution in [2.24, 2.45) is 4.99 Å². The molecule has 32 heavy (non-hydrogen) atoms. The van der Waals surface area contributed by atoms with Crippen LogP contribution in [-0.4, -0.2) is 31.9 Å². The lowest BCUT2D eigenvalue weighted by Gasteiger charge is -2.25. The van der Waals surface area contributed by atoms with Crippen molar-refractivity contribution in [3.63, 3.8) is 0 Å². The molecule has 0 saturated heterocycles. The highest BCUT2D eigenvalue weighted by molar-refractivity contribution is 6.42. The van der Waals surface area contributed by atoms with E-state index in [-0.39, 0.29) is 5.97 Å². The summed E-state index contributed by atoms with van der Waals surface area (Å²) in [4.78, 5) is 19.3. The summed E-state index contributed by atoms with van der Waals surface area (Å²) in [6.45, 7) is 1.95. The molecule has 3 aromatic rings. The predicted molar refractivity (Wildman–Crippen MR) is 132 cm³/mol. The summed E-state index contributed by atoms with van der Waals surface area (Å²) in [5, 5.41) is 1.05. The second kappa shape index (κ2) is 10.0. The highest BCUT2D eigenvalue weighted by atomic mass is 35.5. The lowest BCUT2D eigenvalue weighted by molar-refractivity contribution is 0.0599. The molecule has 0 aliphatic carbocycles. The lowest BCUT2D eigenvalue weighted by Crippen LogP contribution is -2.26. The zero-order chi connectivity index (χ0) is 22.5. The van der Waals surface area contributed by atoms with Crippen molar-refractivity contribution in [2.75, 3.05) is 25.1 Å². The third-order valence-electron chi connectivity index (χ3n) is 5.33. The van der Waals surface area contributed by atoms with Crippen LogP contribution in [0.4, 0.5) is 5.69 Å². The number of anilines is 1. The minimum Gasteiger partial charge on any atom is -0.465 e. The van der Waals surface area contributed by atoms with E-state index >= 15 is 0 Å². The quantitative estimate of drug-likeness (QED) is 0.415. The number of nitrogens with zero attached hydrogens (tertiary/aromatic N) is 2. The molecule has 0 amide bonds. The Kier molecular flexibility index (Phi) is 6.93. The number of carbonyl (C=O) groups excluding carboxylic acids is 1. The van der Waals surface area contributed by atoms with Gasteiger partial charge in [0, 0.05) is 24.3 Å². The molecule has 0 aromatic heterocycles. The summed E-state index contributed by atoms with van der Waals surface area (Å²) in [5.41, 5.74) is 5.46. The Bertz CT molecular complexity index is 1200. The number of hydrogen-bond acceptors (Lipinski definition) is 4. The van der Waals surface area contributed by atoms with Gasteiger partial charge in [0.25, 0.3) is 0 Å². The molecule has 1 heterocycles. The molecule has 0 fully saturated rings. The second-order valence-corrected chi connectivity index (χ2v) is 8.18. The van der Waals surface area contributed by atoms with Crippen LogP contribution in [0.2, 0.25) is 10.0 Å². The van der Waals surface area contributed by atoms with Crippen LogP contribution in [0.1, 0.15) is 27.0 Å². The maximum absolute atomic E-state index is 12.2. The smallest absolute Gasteiger partial charge is 0.338 e. The van der Waals surface area contributed by atoms with E-state index in [9.17, 15) is 4.79 Å². The second-order valence-electron chi connectivity index (χ2n) is 7.36. The number of methoxy groups -OCH3 is 1. The Morgan fingerprint density at radius 3 is 2.62 bits per heavy atom. The molecule has 4 rings (SSSR count). The van der Waals surface area contributed by atoms with Gasteiger partial charge >= 0.3 is 5.97 Å². The first kappa shape index (κ1) is 22.1. The first-order valence-electron chi connectivity index (χ1n) is 10.2. The summed E-state index contributed by atoms with van der Waals surface area (Å²) in [7, 11) is 1.40. The fourth-order valence-electron chi connectivity index (χ4n) is 3.73. The normalized spacial score (nSPS) is 13.5. The van der Waals surface area contributed by atoms with Gasteiger partial charge < -0.3 is 9.64 Å². The van der Waals surface area contributed by atoms with E-state index < -0.39 is 0 Å². The van der Waals surface area contributed by atoms with Crippen LogP contribution in [0.15, 0.2) is 77.8 Å². The van der Waals surface area contributed by atoms with Crippen LogP contribution >= 0.6 is 23.2 Å². The van der Waals surface area contributed by atoms with Crippen molar-refractivity contribution in [1.82, 2.24) is 0 Å². The zero-order valence-electron chi connectivity index (χ0n) is 17.6. The number of hydrogen-bond donors (Lipinski definition) is 0. The van der Waals surface area contributed by atoms with Crippen molar-refractivity contribution in [1.29, 1.82) is 0 Å². The molecule has 0 bridgehead atoms. The summed E-state index contributed by atoms with van der Waals surface area (Å²) >= 11 is 12.2. The van der Waals surface area contributed by atoms with Crippen molar-refractivity contribution in [3.8, 4) is 0 Å². The molecule has 162 valence electrons. The third-order valence-corrected chi connectivity index (χ3v) is 6.07. The number of esters is 1. The number of fused-ring (bicyclic) bond motifs is 1. The van der Waals surface area contributed by atoms with Gasteiger partial charge in [0.1, 0.15) is 0 Å². The molecule has 0 radical (unpaired) electrons. The molecule has 1 aliphatic rings. The lowest BCUT2D eigenvalue weighted by atomic mass is 10.0. The van der Waals surface area contributed by atoms with Crippen LogP contribution in [-0.2, 0) is 11.3 Å². The first-order chi connectivity index (χ1) is 15.6. The fourth-order valence-corrected chi connectivity index (χ4v) is 4.04. The number of aliphatic imine (C=N–C) groups is 1. The topological polar surface area (TPSA) is 41.9 Å². The molecule has 0 saturated carbocycles. The molecule has 0 atom stereocenters. The van der Waals surface area contributed by atoms with E-state index in [0.29, 0.717) is 28.7 Å². The average Bonchev–Trinajstić information content (AvgIpc) is 2.99. The molecule has 1 aliphatic heterocycles. The number of rotatable bonds is 5. The molecule has 0 unspecified atom stereocenters. The summed E-state index contributed by atoms with van der Waals surface area (Å²) in [6.07, 6.45) is 3.99. The van der Waals surface area contributed by atoms with Crippen LogP contribution < -0.4 is 4.90 Å². The molecular formula is C26H22Cl2N2O2. The van der Waals surface area contributed by atoms with E-state index in [2.05, 4.69) is 17.0 Å². The predicted octanol–water partition coefficient (Wildman–Crippen LogP) is 6.30. The van der Waals surface area contributed by atoms with E-state index in [1.165, 1.54) is 7.11 Å². The highest BCUT2D eigenvalue weighted by Crippen LogP contribution is 2.28. The standard InChI is InChI=1S/C26H22Cl2N2O2/c1-32-26(31)20-7-3-2-6-19(20)17-30-15-14-29-24(21-8-4-5-9-25(21)30)13-11-18-10-12-22(27)23(28)16-18/h2-13,16H,14-15,17H2,1H3. The Balaban J connectivity index is 1.64. The molecule has 6 heteroatoms. The fraction of sp³-hybridized carbons (Fsp3) is 0.154. The van der Waals surface area contributed by atoms with Crippen LogP contribution in [0.25, 0.3) is 6.08 Å². The summed E-state index contributed by atoms with van der Waals surface area (Å²) in [6, 6.07) is 21.3. The largest absolute Gasteiger partial charge is 0.465 e. The van der Waals surface area contributed by atoms with Gasteiger partial charge in [-0.1, -0.05) is 71.7 Å². The number of halogens is 2. The maximum atomic E-state index is 12.2. The van der Waals surface area contributed by atoms with Gasteiger partial charge in [0.15, 0.2) is 0 Å². The SMILES string of the molecule is COC(=O)c1ccccc1CN1CCN=C(C=Cc2ccc(Cl)c(Cl)c2)c2ccccc21. The number of benzodiazepines with no additional fused rings is 1. The van der Waals surface area contributed by atoms with Gasteiger partial charge in [-0.3, -0.25) is 4.99 Å². The number of benzene rings is 3. The average molecular weight is 465 g/mol. The van der Waals surface area contributed by atoms with Gasteiger partial charge in [-0.15, -0.1) is 0 Å². The van der Waals surface area contributed by atoms with Gasteiger partial charge in [-0.2, -0.15) is 0 Å². The number of allylic oxidation sites excluding steroid dienone is 1. The highest BCUT2D eigenvalue weighted by Gasteiger charge is 2.19. The van der Waals surface area contributed by atoms with Crippen LogP contribution in [0, 0.1) is 0 Å². The molecule has 4 nitrogen and oxygen atoms in total. The van der Waals surface area contributed by atoms with Crippen LogP contribution in [0.3, 0.4) is 0 Å². The third kappa shape index (κ3) is 4.87. The van der Waals surface area contributed by atoms with Gasteiger partial charge in [0.2, 0.25) is 0 Å². The minimum atomic E-state index is -0.329. The zero-order valence-corrected chi connectivity index (χ0v) is 19.1. The van der Waals surface area contributed by atoms with Crippen molar-refractivity contribution in [3.05, 3.63) is 105 Å². The minimum absolute atomic E-state index is 0.329. The molecule has 3 aromatic carbocycles. The Hall–Kier alpha value is -3.08. The molecule has 0 N–H and O–H groups in total. The van der Waals surface area contributed by atoms with Gasteiger partial charge in [0.05, 0.1) is 35.0 Å². The Morgan fingerprint density at radius 1 is 1.03 bits per heavy atom. The van der Waals surface area contributed by atoms with E-state index in [1.54, 1.807) is 12.1 Å². The van der Waals surface area contributed by atoms with Crippen LogP contribution in [0.5, 0.6) is 0 Å². The molecule has 0 spiro atoms. The van der Waals surface area contributed by atoms with Crippen molar-refractivity contribution < 1.29 is 9.53 Å². The molecular weight excluding hydrogens is 443 g/mol. The number of ether oxygens (including phenoxy) is 1. The van der Waals surface area contributed by atoms with E-state index in [1.807, 2.05) is 54.6 Å². The summed E-state index contributed by atoms with van der Waals surface area (Å²) < 4.78 is 4.96. The number of carbonyl (C=O) groups is 1. The summed E-state index contributed by atoms with van der Waals surface area (Å²) in [5.74, 6) is -0.329. The number of para-hydroxylation sites is 1. The van der Waals surface area contributed by atoms with Crippen molar-refractivity contribution in [2.45, 2.75) is 6.54 Å². The van der Waals surface area contributed by atoms with E-state index in [4.69, 9.17) is 32.9 Å². The maximum Gasteiger partial charge on any atom is 0.338 e. The Morgan fingerprint density at radius 2 is 1.81 bits per heavy atom. The van der Waals surface area contributed by atoms with E-state index in [0.717, 1.165) is 34.6 Å². The van der Waals surface area contributed by atoms with Crippen molar-refractivity contribution >= 4 is 46.6 Å².